The first-order valence-corrected chi connectivity index (χ1v) is 8.45. The summed E-state index contributed by atoms with van der Waals surface area (Å²) < 4.78 is 10.8. The van der Waals surface area contributed by atoms with Gasteiger partial charge in [0.05, 0.1) is 29.5 Å². The first-order valence-electron chi connectivity index (χ1n) is 8.45. The molecule has 29 heavy (non-hydrogen) atoms. The van der Waals surface area contributed by atoms with Crippen molar-refractivity contribution in [3.05, 3.63) is 70.7 Å². The zero-order valence-corrected chi connectivity index (χ0v) is 15.3. The van der Waals surface area contributed by atoms with E-state index in [0.717, 1.165) is 0 Å². The molecule has 3 aromatic rings. The largest absolute Gasteiger partial charge is 0.496 e. The van der Waals surface area contributed by atoms with Crippen LogP contribution < -0.4 is 26.6 Å². The van der Waals surface area contributed by atoms with Gasteiger partial charge in [-0.3, -0.25) is 15.8 Å². The molecule has 148 valence electrons. The lowest BCUT2D eigenvalue weighted by atomic mass is 10.0. The lowest BCUT2D eigenvalue weighted by Gasteiger charge is -2.26. The molecule has 1 aliphatic heterocycles. The number of hydrogen-bond acceptors (Lipinski definition) is 10. The van der Waals surface area contributed by atoms with E-state index in [0.29, 0.717) is 28.3 Å². The zero-order chi connectivity index (χ0) is 20.6. The van der Waals surface area contributed by atoms with E-state index in [2.05, 4.69) is 15.4 Å². The van der Waals surface area contributed by atoms with E-state index in [-0.39, 0.29) is 11.6 Å². The Morgan fingerprint density at radius 3 is 2.83 bits per heavy atom. The Morgan fingerprint density at radius 1 is 1.31 bits per heavy atom. The summed E-state index contributed by atoms with van der Waals surface area (Å²) in [6, 6.07) is 11.2. The van der Waals surface area contributed by atoms with Crippen LogP contribution in [0.1, 0.15) is 5.56 Å². The highest BCUT2D eigenvalue weighted by Crippen LogP contribution is 2.35. The molecule has 11 heteroatoms. The molecule has 0 radical (unpaired) electrons. The number of nitro groups is 1. The Labute approximate surface area is 164 Å². The van der Waals surface area contributed by atoms with E-state index in [4.69, 9.17) is 20.6 Å². The smallest absolute Gasteiger partial charge is 0.271 e. The SMILES string of the molecule is COc1cc(C2(N)N=C(N)N(c3cccc([N+](=O)[O-])c3)N2)ccc1-c1cnco1. The third-order valence-corrected chi connectivity index (χ3v) is 4.44. The maximum absolute atomic E-state index is 11.1. The first-order chi connectivity index (χ1) is 13.9. The number of hydrazine groups is 1. The van der Waals surface area contributed by atoms with E-state index in [1.165, 1.54) is 30.6 Å². The predicted molar refractivity (Wildman–Crippen MR) is 105 cm³/mol. The Bertz CT molecular complexity index is 1100. The summed E-state index contributed by atoms with van der Waals surface area (Å²) in [5.74, 6) is -0.290. The number of oxazole rings is 1. The fourth-order valence-corrected chi connectivity index (χ4v) is 3.04. The maximum Gasteiger partial charge on any atom is 0.271 e. The lowest BCUT2D eigenvalue weighted by molar-refractivity contribution is -0.384. The number of hydrogen-bond donors (Lipinski definition) is 3. The minimum Gasteiger partial charge on any atom is -0.496 e. The molecule has 0 bridgehead atoms. The van der Waals surface area contributed by atoms with E-state index in [9.17, 15) is 10.1 Å². The van der Waals surface area contributed by atoms with Crippen LogP contribution in [-0.4, -0.2) is 23.0 Å². The van der Waals surface area contributed by atoms with Crippen molar-refractivity contribution in [1.29, 1.82) is 0 Å². The molecule has 0 saturated heterocycles. The number of nitro benzene ring substituents is 1. The van der Waals surface area contributed by atoms with E-state index in [1.807, 2.05) is 0 Å². The quantitative estimate of drug-likeness (QED) is 0.431. The predicted octanol–water partition coefficient (Wildman–Crippen LogP) is 1.67. The Morgan fingerprint density at radius 2 is 2.14 bits per heavy atom. The van der Waals surface area contributed by atoms with Crippen LogP contribution >= 0.6 is 0 Å². The number of rotatable bonds is 5. The van der Waals surface area contributed by atoms with Gasteiger partial charge in [0.2, 0.25) is 11.7 Å². The van der Waals surface area contributed by atoms with Gasteiger partial charge in [-0.15, -0.1) is 0 Å². The number of aromatic nitrogens is 1. The summed E-state index contributed by atoms with van der Waals surface area (Å²) >= 11 is 0. The van der Waals surface area contributed by atoms with Crippen molar-refractivity contribution in [1.82, 2.24) is 10.4 Å². The average Bonchev–Trinajstić information content (AvgIpc) is 3.36. The lowest BCUT2D eigenvalue weighted by Crippen LogP contribution is -2.53. The molecule has 4 rings (SSSR count). The molecule has 0 fully saturated rings. The van der Waals surface area contributed by atoms with Crippen LogP contribution in [0.2, 0.25) is 0 Å². The van der Waals surface area contributed by atoms with Crippen LogP contribution in [-0.2, 0) is 5.79 Å². The second-order valence-corrected chi connectivity index (χ2v) is 6.24. The van der Waals surface area contributed by atoms with Crippen molar-refractivity contribution >= 4 is 17.3 Å². The fraction of sp³-hybridized carbons (Fsp3) is 0.111. The van der Waals surface area contributed by atoms with Crippen molar-refractivity contribution in [2.24, 2.45) is 16.5 Å². The highest BCUT2D eigenvalue weighted by Gasteiger charge is 2.38. The summed E-state index contributed by atoms with van der Waals surface area (Å²) in [5.41, 5.74) is 17.1. The summed E-state index contributed by atoms with van der Waals surface area (Å²) in [4.78, 5) is 18.8. The normalized spacial score (nSPS) is 18.6. The summed E-state index contributed by atoms with van der Waals surface area (Å²) in [6.07, 6.45) is 2.90. The van der Waals surface area contributed by atoms with Crippen molar-refractivity contribution in [3.63, 3.8) is 0 Å². The van der Waals surface area contributed by atoms with Crippen molar-refractivity contribution in [3.8, 4) is 17.1 Å². The van der Waals surface area contributed by atoms with Gasteiger partial charge in [-0.2, -0.15) is 5.43 Å². The molecule has 0 saturated carbocycles. The number of nitrogens with two attached hydrogens (primary N) is 2. The van der Waals surface area contributed by atoms with Gasteiger partial charge in [-0.1, -0.05) is 12.1 Å². The molecule has 2 aromatic carbocycles. The molecule has 1 aliphatic rings. The van der Waals surface area contributed by atoms with E-state index < -0.39 is 10.7 Å². The number of ether oxygens (including phenoxy) is 1. The van der Waals surface area contributed by atoms with Gasteiger partial charge in [-0.25, -0.2) is 15.0 Å². The van der Waals surface area contributed by atoms with Crippen molar-refractivity contribution in [2.75, 3.05) is 12.1 Å². The van der Waals surface area contributed by atoms with Crippen LogP contribution in [0.25, 0.3) is 11.3 Å². The Balaban J connectivity index is 1.68. The van der Waals surface area contributed by atoms with Crippen LogP contribution in [0.5, 0.6) is 5.75 Å². The summed E-state index contributed by atoms with van der Waals surface area (Å²) in [7, 11) is 1.53. The summed E-state index contributed by atoms with van der Waals surface area (Å²) in [5, 5.41) is 12.4. The fourth-order valence-electron chi connectivity index (χ4n) is 3.04. The van der Waals surface area contributed by atoms with Crippen molar-refractivity contribution in [2.45, 2.75) is 5.79 Å². The minimum atomic E-state index is -1.40. The van der Waals surface area contributed by atoms with E-state index in [1.54, 1.807) is 36.5 Å². The van der Waals surface area contributed by atoms with Gasteiger partial charge in [0.25, 0.3) is 5.69 Å². The molecule has 0 aliphatic carbocycles. The van der Waals surface area contributed by atoms with Crippen LogP contribution in [0, 0.1) is 10.1 Å². The highest BCUT2D eigenvalue weighted by atomic mass is 16.6. The van der Waals surface area contributed by atoms with Gasteiger partial charge in [0.15, 0.2) is 12.2 Å². The second kappa shape index (κ2) is 6.89. The third-order valence-electron chi connectivity index (χ3n) is 4.44. The van der Waals surface area contributed by atoms with Gasteiger partial charge < -0.3 is 14.9 Å². The number of aliphatic imine (C=N–C) groups is 1. The maximum atomic E-state index is 11.1. The molecular weight excluding hydrogens is 378 g/mol. The molecule has 0 amide bonds. The van der Waals surface area contributed by atoms with Gasteiger partial charge in [0.1, 0.15) is 5.75 Å². The standard InChI is InChI=1S/C18H17N7O4/c1-28-15-7-11(5-6-14(15)16-9-21-10-29-16)18(20)22-17(19)24(23-18)12-3-2-4-13(8-12)25(26)27/h2-10,23H,20H2,1H3,(H2,19,22). The Hall–Kier alpha value is -3.96. The molecule has 0 spiro atoms. The highest BCUT2D eigenvalue weighted by molar-refractivity contribution is 5.96. The van der Waals surface area contributed by atoms with Gasteiger partial charge >= 0.3 is 0 Å². The number of nitrogens with one attached hydrogen (secondary N) is 1. The first kappa shape index (κ1) is 18.4. The number of non-ortho nitro benzene ring substituents is 1. The molecular formula is C18H17N7O4. The molecule has 5 N–H and O–H groups in total. The minimum absolute atomic E-state index is 0.0614. The van der Waals surface area contributed by atoms with Gasteiger partial charge in [0, 0.05) is 17.7 Å². The number of guanidine groups is 1. The number of nitrogens with zero attached hydrogens (tertiary/aromatic N) is 4. The van der Waals surface area contributed by atoms with Crippen LogP contribution in [0.3, 0.4) is 0 Å². The van der Waals surface area contributed by atoms with Crippen LogP contribution in [0.15, 0.2) is 64.5 Å². The molecule has 1 unspecified atom stereocenters. The molecule has 1 aromatic heterocycles. The van der Waals surface area contributed by atoms with Crippen molar-refractivity contribution < 1.29 is 14.1 Å². The van der Waals surface area contributed by atoms with Crippen LogP contribution in [0.4, 0.5) is 11.4 Å². The monoisotopic (exact) mass is 395 g/mol. The second-order valence-electron chi connectivity index (χ2n) is 6.24. The molecule has 2 heterocycles. The zero-order valence-electron chi connectivity index (χ0n) is 15.3. The Kier molecular flexibility index (Phi) is 4.37. The average molecular weight is 395 g/mol. The molecule has 1 atom stereocenters. The topological polar surface area (TPSA) is 158 Å². The molecule has 11 nitrogen and oxygen atoms in total. The summed E-state index contributed by atoms with van der Waals surface area (Å²) in [6.45, 7) is 0. The number of methoxy groups -OCH3 is 1. The number of anilines is 1. The third kappa shape index (κ3) is 3.24. The van der Waals surface area contributed by atoms with Gasteiger partial charge in [-0.05, 0) is 18.2 Å². The number of benzene rings is 2. The van der Waals surface area contributed by atoms with E-state index >= 15 is 0 Å².